The van der Waals surface area contributed by atoms with Crippen molar-refractivity contribution in [2.24, 2.45) is 5.92 Å². The molecule has 0 aromatic carbocycles. The van der Waals surface area contributed by atoms with Crippen LogP contribution in [0.15, 0.2) is 0 Å². The molecule has 1 aromatic heterocycles. The van der Waals surface area contributed by atoms with Gasteiger partial charge in [-0.05, 0) is 12.8 Å². The Morgan fingerprint density at radius 1 is 1.56 bits per heavy atom. The van der Waals surface area contributed by atoms with Crippen molar-refractivity contribution < 1.29 is 4.79 Å². The Morgan fingerprint density at radius 2 is 2.31 bits per heavy atom. The molecule has 2 rings (SSSR count). The Balaban J connectivity index is 2.27. The first-order chi connectivity index (χ1) is 7.59. The van der Waals surface area contributed by atoms with Crippen molar-refractivity contribution in [2.75, 3.05) is 18.0 Å². The monoisotopic (exact) mass is 240 g/mol. The lowest BCUT2D eigenvalue weighted by atomic mass is 10.0. The number of hydrogen-bond donors (Lipinski definition) is 1. The summed E-state index contributed by atoms with van der Waals surface area (Å²) >= 11 is 1.36. The molecule has 1 atom stereocenters. The third-order valence-electron chi connectivity index (χ3n) is 2.65. The Labute approximate surface area is 99.0 Å². The topological polar surface area (TPSA) is 58.1 Å². The van der Waals surface area contributed by atoms with Crippen LogP contribution in [-0.2, 0) is 4.79 Å². The van der Waals surface area contributed by atoms with Crippen molar-refractivity contribution in [2.45, 2.75) is 26.8 Å². The zero-order chi connectivity index (χ0) is 11.7. The van der Waals surface area contributed by atoms with Gasteiger partial charge in [-0.25, -0.2) is 4.98 Å². The van der Waals surface area contributed by atoms with Crippen LogP contribution in [0, 0.1) is 12.8 Å². The van der Waals surface area contributed by atoms with E-state index in [4.69, 9.17) is 0 Å². The summed E-state index contributed by atoms with van der Waals surface area (Å²) in [7, 11) is 0. The van der Waals surface area contributed by atoms with Crippen LogP contribution in [0.3, 0.4) is 0 Å². The van der Waals surface area contributed by atoms with E-state index in [2.05, 4.69) is 33.4 Å². The highest BCUT2D eigenvalue weighted by atomic mass is 32.1. The average Bonchev–Trinajstić information content (AvgIpc) is 2.63. The van der Waals surface area contributed by atoms with Gasteiger partial charge >= 0.3 is 0 Å². The molecule has 0 aliphatic carbocycles. The molecule has 1 amide bonds. The molecule has 1 fully saturated rings. The van der Waals surface area contributed by atoms with Gasteiger partial charge in [-0.1, -0.05) is 13.8 Å². The van der Waals surface area contributed by atoms with Crippen LogP contribution in [0.4, 0.5) is 5.13 Å². The zero-order valence-electron chi connectivity index (χ0n) is 9.73. The van der Waals surface area contributed by atoms with E-state index in [0.717, 1.165) is 17.5 Å². The molecule has 16 heavy (non-hydrogen) atoms. The minimum atomic E-state index is -0.124. The quantitative estimate of drug-likeness (QED) is 0.831. The fourth-order valence-corrected chi connectivity index (χ4v) is 2.70. The molecule has 1 unspecified atom stereocenters. The van der Waals surface area contributed by atoms with Crippen molar-refractivity contribution in [1.29, 1.82) is 0 Å². The Kier molecular flexibility index (Phi) is 3.09. The van der Waals surface area contributed by atoms with E-state index in [0.29, 0.717) is 6.54 Å². The van der Waals surface area contributed by atoms with Gasteiger partial charge in [0, 0.05) is 24.6 Å². The van der Waals surface area contributed by atoms with Gasteiger partial charge in [-0.2, -0.15) is 4.37 Å². The first-order valence-corrected chi connectivity index (χ1v) is 6.21. The third kappa shape index (κ3) is 2.02. The van der Waals surface area contributed by atoms with E-state index in [1.807, 2.05) is 6.92 Å². The number of hydrogen-bond acceptors (Lipinski definition) is 5. The lowest BCUT2D eigenvalue weighted by Crippen LogP contribution is -2.57. The molecule has 1 saturated heterocycles. The molecule has 2 heterocycles. The summed E-state index contributed by atoms with van der Waals surface area (Å²) in [4.78, 5) is 18.2. The molecule has 0 radical (unpaired) electrons. The van der Waals surface area contributed by atoms with Gasteiger partial charge in [0.2, 0.25) is 11.0 Å². The van der Waals surface area contributed by atoms with Crippen LogP contribution in [0.25, 0.3) is 0 Å². The van der Waals surface area contributed by atoms with Crippen LogP contribution in [0.2, 0.25) is 0 Å². The number of nitrogens with zero attached hydrogens (tertiary/aromatic N) is 3. The number of rotatable bonds is 2. The fraction of sp³-hybridized carbons (Fsp3) is 0.700. The number of nitrogens with one attached hydrogen (secondary N) is 1. The second kappa shape index (κ2) is 4.37. The number of carbonyl (C=O) groups excluding carboxylic acids is 1. The van der Waals surface area contributed by atoms with E-state index in [1.54, 1.807) is 0 Å². The van der Waals surface area contributed by atoms with Gasteiger partial charge in [0.15, 0.2) is 0 Å². The summed E-state index contributed by atoms with van der Waals surface area (Å²) in [5.74, 6) is 1.13. The molecular formula is C10H16N4OS. The van der Waals surface area contributed by atoms with Gasteiger partial charge in [0.25, 0.3) is 0 Å². The molecule has 1 aliphatic rings. The summed E-state index contributed by atoms with van der Waals surface area (Å²) in [5, 5.41) is 3.75. The predicted octanol–water partition coefficient (Wildman–Crippen LogP) is 0.807. The molecule has 0 bridgehead atoms. The first kappa shape index (κ1) is 11.3. The van der Waals surface area contributed by atoms with Crippen molar-refractivity contribution in [3.8, 4) is 0 Å². The summed E-state index contributed by atoms with van der Waals surface area (Å²) in [6.45, 7) is 7.46. The highest BCUT2D eigenvalue weighted by Crippen LogP contribution is 2.24. The van der Waals surface area contributed by atoms with Crippen molar-refractivity contribution in [3.05, 3.63) is 5.82 Å². The second-order valence-corrected chi connectivity index (χ2v) is 5.03. The minimum Gasteiger partial charge on any atom is -0.353 e. The number of piperazine rings is 1. The minimum absolute atomic E-state index is 0.0918. The van der Waals surface area contributed by atoms with Crippen molar-refractivity contribution >= 4 is 22.6 Å². The van der Waals surface area contributed by atoms with E-state index in [-0.39, 0.29) is 17.9 Å². The molecule has 1 aromatic rings. The molecule has 0 spiro atoms. The molecular weight excluding hydrogens is 224 g/mol. The van der Waals surface area contributed by atoms with Gasteiger partial charge < -0.3 is 10.2 Å². The van der Waals surface area contributed by atoms with Crippen molar-refractivity contribution in [3.63, 3.8) is 0 Å². The molecule has 5 nitrogen and oxygen atoms in total. The number of anilines is 1. The Hall–Kier alpha value is -1.17. The molecule has 0 saturated carbocycles. The smallest absolute Gasteiger partial charge is 0.243 e. The lowest BCUT2D eigenvalue weighted by Gasteiger charge is -2.36. The second-order valence-electron chi connectivity index (χ2n) is 4.30. The largest absolute Gasteiger partial charge is 0.353 e. The number of amides is 1. The fourth-order valence-electron chi connectivity index (χ4n) is 1.96. The van der Waals surface area contributed by atoms with Crippen molar-refractivity contribution in [1.82, 2.24) is 14.7 Å². The summed E-state index contributed by atoms with van der Waals surface area (Å²) in [5.41, 5.74) is 0. The SMILES string of the molecule is Cc1nsc(N2CCNC(=O)C2C(C)C)n1. The maximum Gasteiger partial charge on any atom is 0.243 e. The normalized spacial score (nSPS) is 21.4. The van der Waals surface area contributed by atoms with E-state index in [1.165, 1.54) is 11.5 Å². The summed E-state index contributed by atoms with van der Waals surface area (Å²) < 4.78 is 4.17. The van der Waals surface area contributed by atoms with Gasteiger partial charge in [0.05, 0.1) is 0 Å². The molecule has 1 aliphatic heterocycles. The average molecular weight is 240 g/mol. The predicted molar refractivity (Wildman–Crippen MR) is 63.6 cm³/mol. The van der Waals surface area contributed by atoms with Crippen LogP contribution >= 0.6 is 11.5 Å². The van der Waals surface area contributed by atoms with Gasteiger partial charge in [-0.15, -0.1) is 0 Å². The number of carbonyl (C=O) groups is 1. The van der Waals surface area contributed by atoms with Crippen LogP contribution in [0.1, 0.15) is 19.7 Å². The highest BCUT2D eigenvalue weighted by Gasteiger charge is 2.33. The lowest BCUT2D eigenvalue weighted by molar-refractivity contribution is -0.124. The molecule has 6 heteroatoms. The van der Waals surface area contributed by atoms with E-state index < -0.39 is 0 Å². The number of aryl methyl sites for hydroxylation is 1. The first-order valence-electron chi connectivity index (χ1n) is 5.44. The van der Waals surface area contributed by atoms with Gasteiger partial charge in [0.1, 0.15) is 11.9 Å². The maximum atomic E-state index is 11.8. The standard InChI is InChI=1S/C10H16N4OS/c1-6(2)8-9(15)11-4-5-14(8)10-12-7(3)13-16-10/h6,8H,4-5H2,1-3H3,(H,11,15). The van der Waals surface area contributed by atoms with Crippen LogP contribution in [0.5, 0.6) is 0 Å². The maximum absolute atomic E-state index is 11.8. The summed E-state index contributed by atoms with van der Waals surface area (Å²) in [6.07, 6.45) is 0. The Bertz CT molecular complexity index is 390. The third-order valence-corrected chi connectivity index (χ3v) is 3.49. The molecule has 1 N–H and O–H groups in total. The van der Waals surface area contributed by atoms with E-state index >= 15 is 0 Å². The Morgan fingerprint density at radius 3 is 2.88 bits per heavy atom. The van der Waals surface area contributed by atoms with Crippen LogP contribution in [-0.4, -0.2) is 34.4 Å². The summed E-state index contributed by atoms with van der Waals surface area (Å²) in [6, 6.07) is -0.124. The van der Waals surface area contributed by atoms with Crippen LogP contribution < -0.4 is 10.2 Å². The van der Waals surface area contributed by atoms with Gasteiger partial charge in [-0.3, -0.25) is 4.79 Å². The number of aromatic nitrogens is 2. The van der Waals surface area contributed by atoms with E-state index in [9.17, 15) is 4.79 Å². The molecule has 88 valence electrons. The highest BCUT2D eigenvalue weighted by molar-refractivity contribution is 7.09. The zero-order valence-corrected chi connectivity index (χ0v) is 10.5.